The maximum Gasteiger partial charge on any atom is 0.229 e. The zero-order valence-electron chi connectivity index (χ0n) is 12.3. The quantitative estimate of drug-likeness (QED) is 0.937. The number of ether oxygens (including phenoxy) is 1. The third-order valence-electron chi connectivity index (χ3n) is 3.76. The second kappa shape index (κ2) is 5.60. The highest BCUT2D eigenvalue weighted by Crippen LogP contribution is 2.27. The van der Waals surface area contributed by atoms with E-state index in [0.29, 0.717) is 13.2 Å². The van der Waals surface area contributed by atoms with Crippen molar-refractivity contribution in [2.45, 2.75) is 19.9 Å². The van der Waals surface area contributed by atoms with Gasteiger partial charge < -0.3 is 9.64 Å². The van der Waals surface area contributed by atoms with Gasteiger partial charge in [-0.2, -0.15) is 5.10 Å². The molecular weight excluding hydrogens is 266 g/mol. The molecule has 3 rings (SSSR count). The lowest BCUT2D eigenvalue weighted by atomic mass is 9.95. The van der Waals surface area contributed by atoms with Crippen LogP contribution in [0.4, 0.5) is 0 Å². The van der Waals surface area contributed by atoms with Crippen LogP contribution in [-0.2, 0) is 17.8 Å². The van der Waals surface area contributed by atoms with Gasteiger partial charge in [-0.15, -0.1) is 0 Å². The summed E-state index contributed by atoms with van der Waals surface area (Å²) in [5.74, 6) is 0.877. The number of fused-ring (bicyclic) bond motifs is 1. The lowest BCUT2D eigenvalue weighted by molar-refractivity contribution is -0.136. The lowest BCUT2D eigenvalue weighted by Crippen LogP contribution is -2.38. The first-order valence-electron chi connectivity index (χ1n) is 7.10. The molecule has 2 heterocycles. The zero-order chi connectivity index (χ0) is 14.8. The van der Waals surface area contributed by atoms with Gasteiger partial charge in [0.2, 0.25) is 5.91 Å². The van der Waals surface area contributed by atoms with Crippen LogP contribution in [0.1, 0.15) is 17.0 Å². The molecule has 21 heavy (non-hydrogen) atoms. The van der Waals surface area contributed by atoms with E-state index in [2.05, 4.69) is 10.2 Å². The fourth-order valence-electron chi connectivity index (χ4n) is 2.67. The van der Waals surface area contributed by atoms with E-state index >= 15 is 0 Å². The van der Waals surface area contributed by atoms with Crippen molar-refractivity contribution in [3.8, 4) is 5.75 Å². The van der Waals surface area contributed by atoms with Crippen LogP contribution in [0.25, 0.3) is 0 Å². The Morgan fingerprint density at radius 2 is 2.29 bits per heavy atom. The Hall–Kier alpha value is -2.30. The number of carbonyl (C=O) groups is 1. The molecule has 5 heteroatoms. The normalized spacial score (nSPS) is 17.0. The predicted molar refractivity (Wildman–Crippen MR) is 78.9 cm³/mol. The summed E-state index contributed by atoms with van der Waals surface area (Å²) in [5.41, 5.74) is 2.98. The van der Waals surface area contributed by atoms with Gasteiger partial charge in [0.15, 0.2) is 0 Å². The first-order chi connectivity index (χ1) is 10.1. The fourth-order valence-corrected chi connectivity index (χ4v) is 2.67. The van der Waals surface area contributed by atoms with Gasteiger partial charge in [-0.3, -0.25) is 9.89 Å². The zero-order valence-corrected chi connectivity index (χ0v) is 12.3. The second-order valence-electron chi connectivity index (χ2n) is 5.56. The monoisotopic (exact) mass is 285 g/mol. The maximum atomic E-state index is 12.5. The van der Waals surface area contributed by atoms with E-state index in [0.717, 1.165) is 29.1 Å². The van der Waals surface area contributed by atoms with E-state index in [1.54, 1.807) is 4.90 Å². The molecule has 1 aliphatic rings. The molecule has 1 amide bonds. The summed E-state index contributed by atoms with van der Waals surface area (Å²) in [7, 11) is 1.81. The van der Waals surface area contributed by atoms with Crippen molar-refractivity contribution in [3.63, 3.8) is 0 Å². The number of aromatic nitrogens is 2. The number of amides is 1. The Morgan fingerprint density at radius 1 is 1.48 bits per heavy atom. The van der Waals surface area contributed by atoms with Gasteiger partial charge in [-0.1, -0.05) is 18.2 Å². The molecule has 0 bridgehead atoms. The third kappa shape index (κ3) is 2.91. The highest BCUT2D eigenvalue weighted by Gasteiger charge is 2.28. The Morgan fingerprint density at radius 3 is 3.05 bits per heavy atom. The van der Waals surface area contributed by atoms with Gasteiger partial charge in [0.05, 0.1) is 18.2 Å². The van der Waals surface area contributed by atoms with Crippen LogP contribution in [0.2, 0.25) is 0 Å². The molecule has 0 aliphatic carbocycles. The van der Waals surface area contributed by atoms with E-state index in [1.807, 2.05) is 44.3 Å². The summed E-state index contributed by atoms with van der Waals surface area (Å²) in [6.45, 7) is 2.91. The van der Waals surface area contributed by atoms with Crippen molar-refractivity contribution >= 4 is 5.91 Å². The van der Waals surface area contributed by atoms with Crippen LogP contribution in [0, 0.1) is 12.8 Å². The summed E-state index contributed by atoms with van der Waals surface area (Å²) in [4.78, 5) is 14.2. The number of H-pyrrole nitrogens is 1. The molecule has 0 fully saturated rings. The van der Waals surface area contributed by atoms with E-state index in [4.69, 9.17) is 4.74 Å². The van der Waals surface area contributed by atoms with Gasteiger partial charge in [0.1, 0.15) is 12.4 Å². The summed E-state index contributed by atoms with van der Waals surface area (Å²) in [6, 6.07) is 9.85. The Labute approximate surface area is 123 Å². The van der Waals surface area contributed by atoms with Gasteiger partial charge in [0.25, 0.3) is 0 Å². The number of hydrogen-bond donors (Lipinski definition) is 1. The number of para-hydroxylation sites is 1. The largest absolute Gasteiger partial charge is 0.492 e. The van der Waals surface area contributed by atoms with Gasteiger partial charge in [0, 0.05) is 12.7 Å². The number of nitrogens with zero attached hydrogens (tertiary/aromatic N) is 2. The summed E-state index contributed by atoms with van der Waals surface area (Å²) < 4.78 is 5.69. The lowest BCUT2D eigenvalue weighted by Gasteiger charge is -2.27. The summed E-state index contributed by atoms with van der Waals surface area (Å²) in [6.07, 6.45) is 0.735. The van der Waals surface area contributed by atoms with Gasteiger partial charge in [-0.25, -0.2) is 0 Å². The highest BCUT2D eigenvalue weighted by molar-refractivity contribution is 5.79. The van der Waals surface area contributed by atoms with Gasteiger partial charge in [-0.05, 0) is 31.0 Å². The highest BCUT2D eigenvalue weighted by atomic mass is 16.5. The molecule has 0 saturated carbocycles. The van der Waals surface area contributed by atoms with Crippen molar-refractivity contribution in [3.05, 3.63) is 47.3 Å². The minimum atomic E-state index is -0.120. The van der Waals surface area contributed by atoms with Crippen molar-refractivity contribution in [2.24, 2.45) is 5.92 Å². The van der Waals surface area contributed by atoms with Crippen molar-refractivity contribution in [1.82, 2.24) is 15.1 Å². The predicted octanol–water partition coefficient (Wildman–Crippen LogP) is 1.93. The molecule has 1 N–H and O–H groups in total. The molecule has 1 aromatic carbocycles. The summed E-state index contributed by atoms with van der Waals surface area (Å²) in [5, 5.41) is 7.06. The number of nitrogens with one attached hydrogen (secondary N) is 1. The van der Waals surface area contributed by atoms with Gasteiger partial charge >= 0.3 is 0 Å². The van der Waals surface area contributed by atoms with E-state index in [9.17, 15) is 4.79 Å². The minimum Gasteiger partial charge on any atom is -0.492 e. The average molecular weight is 285 g/mol. The molecule has 0 spiro atoms. The second-order valence-corrected chi connectivity index (χ2v) is 5.56. The molecule has 0 saturated heterocycles. The number of carbonyl (C=O) groups excluding carboxylic acids is 1. The maximum absolute atomic E-state index is 12.5. The van der Waals surface area contributed by atoms with Crippen LogP contribution in [0.15, 0.2) is 30.3 Å². The van der Waals surface area contributed by atoms with Crippen LogP contribution < -0.4 is 4.74 Å². The molecule has 1 atom stereocenters. The molecule has 1 aliphatic heterocycles. The molecule has 0 radical (unpaired) electrons. The van der Waals surface area contributed by atoms with Crippen LogP contribution in [-0.4, -0.2) is 34.7 Å². The fraction of sp³-hybridized carbons (Fsp3) is 0.375. The molecular formula is C16H19N3O2. The Balaban J connectivity index is 1.66. The average Bonchev–Trinajstić information content (AvgIpc) is 2.91. The van der Waals surface area contributed by atoms with E-state index in [1.165, 1.54) is 0 Å². The molecule has 110 valence electrons. The first kappa shape index (κ1) is 13.7. The van der Waals surface area contributed by atoms with Crippen molar-refractivity contribution < 1.29 is 9.53 Å². The van der Waals surface area contributed by atoms with Crippen LogP contribution in [0.3, 0.4) is 0 Å². The number of aryl methyl sites for hydroxylation is 1. The number of benzene rings is 1. The molecule has 2 aromatic rings. The smallest absolute Gasteiger partial charge is 0.229 e. The van der Waals surface area contributed by atoms with Crippen LogP contribution >= 0.6 is 0 Å². The molecule has 5 nitrogen and oxygen atoms in total. The van der Waals surface area contributed by atoms with E-state index < -0.39 is 0 Å². The minimum absolute atomic E-state index is 0.102. The third-order valence-corrected chi connectivity index (χ3v) is 3.76. The van der Waals surface area contributed by atoms with Crippen molar-refractivity contribution in [1.29, 1.82) is 0 Å². The Bertz CT molecular complexity index is 650. The standard InChI is InChI=1S/C16H19N3O2/c1-11-7-14(18-17-11)9-19(2)16(20)13-8-12-5-3-4-6-15(12)21-10-13/h3-7,13H,8-10H2,1-2H3,(H,17,18)/t13-/m0/s1. The SMILES string of the molecule is Cc1cc(CN(C)C(=O)[C@@H]2COc3ccccc3C2)n[nH]1. The topological polar surface area (TPSA) is 58.2 Å². The number of hydrogen-bond acceptors (Lipinski definition) is 3. The number of rotatable bonds is 3. The first-order valence-corrected chi connectivity index (χ1v) is 7.10. The van der Waals surface area contributed by atoms with Crippen molar-refractivity contribution in [2.75, 3.05) is 13.7 Å². The number of aromatic amines is 1. The van der Waals surface area contributed by atoms with E-state index in [-0.39, 0.29) is 11.8 Å². The molecule has 1 aromatic heterocycles. The molecule has 0 unspecified atom stereocenters. The summed E-state index contributed by atoms with van der Waals surface area (Å²) >= 11 is 0. The van der Waals surface area contributed by atoms with Crippen LogP contribution in [0.5, 0.6) is 5.75 Å². The Kier molecular flexibility index (Phi) is 3.64.